The second kappa shape index (κ2) is 6.92. The van der Waals surface area contributed by atoms with Crippen LogP contribution in [0.15, 0.2) is 0 Å². The number of hydrogen-bond acceptors (Lipinski definition) is 3. The van der Waals surface area contributed by atoms with Crippen LogP contribution >= 0.6 is 0 Å². The largest absolute Gasteiger partial charge is 0.481 e. The van der Waals surface area contributed by atoms with Gasteiger partial charge in [-0.2, -0.15) is 0 Å². The third-order valence-electron chi connectivity index (χ3n) is 1.55. The van der Waals surface area contributed by atoms with E-state index in [0.717, 1.165) is 0 Å². The van der Waals surface area contributed by atoms with Crippen molar-refractivity contribution in [3.05, 3.63) is 0 Å². The van der Waals surface area contributed by atoms with Gasteiger partial charge in [0.15, 0.2) is 0 Å². The Morgan fingerprint density at radius 1 is 1.57 bits per heavy atom. The molecular formula is C9H14N2O3. The first-order valence-corrected chi connectivity index (χ1v) is 4.24. The number of amides is 1. The minimum absolute atomic E-state index is 0.00718. The highest BCUT2D eigenvalue weighted by atomic mass is 16.4. The predicted octanol–water partition coefficient (Wildman–Crippen LogP) is -0.811. The van der Waals surface area contributed by atoms with Gasteiger partial charge in [0.25, 0.3) is 0 Å². The normalized spacial score (nSPS) is 11.4. The molecule has 1 amide bonds. The van der Waals surface area contributed by atoms with Crippen molar-refractivity contribution in [1.82, 2.24) is 10.6 Å². The summed E-state index contributed by atoms with van der Waals surface area (Å²) in [4.78, 5) is 21.3. The van der Waals surface area contributed by atoms with Gasteiger partial charge in [-0.3, -0.25) is 9.59 Å². The zero-order valence-corrected chi connectivity index (χ0v) is 8.04. The molecule has 0 saturated heterocycles. The smallest absolute Gasteiger partial charge is 0.304 e. The number of carbonyl (C=O) groups is 2. The summed E-state index contributed by atoms with van der Waals surface area (Å²) >= 11 is 0. The van der Waals surface area contributed by atoms with Crippen LogP contribution in [0.4, 0.5) is 0 Å². The summed E-state index contributed by atoms with van der Waals surface area (Å²) in [7, 11) is 0. The molecule has 0 heterocycles. The Kier molecular flexibility index (Phi) is 6.16. The van der Waals surface area contributed by atoms with Crippen LogP contribution in [-0.4, -0.2) is 36.1 Å². The third kappa shape index (κ3) is 6.03. The second-order valence-corrected chi connectivity index (χ2v) is 2.74. The van der Waals surface area contributed by atoms with E-state index in [-0.39, 0.29) is 25.4 Å². The molecule has 0 aliphatic carbocycles. The fourth-order valence-corrected chi connectivity index (χ4v) is 0.780. The molecule has 0 aromatic heterocycles. The summed E-state index contributed by atoms with van der Waals surface area (Å²) in [5, 5.41) is 13.6. The average Bonchev–Trinajstić information content (AvgIpc) is 2.13. The fourth-order valence-electron chi connectivity index (χ4n) is 0.780. The zero-order chi connectivity index (χ0) is 11.0. The monoisotopic (exact) mass is 198 g/mol. The zero-order valence-electron chi connectivity index (χ0n) is 8.04. The molecule has 5 heteroatoms. The minimum Gasteiger partial charge on any atom is -0.481 e. The van der Waals surface area contributed by atoms with Crippen LogP contribution in [0.1, 0.15) is 13.3 Å². The van der Waals surface area contributed by atoms with Gasteiger partial charge < -0.3 is 15.7 Å². The van der Waals surface area contributed by atoms with Crippen molar-refractivity contribution in [1.29, 1.82) is 0 Å². The number of nitrogens with one attached hydrogen (secondary N) is 2. The number of hydrogen-bond donors (Lipinski definition) is 3. The Bertz CT molecular complexity index is 245. The Balaban J connectivity index is 3.63. The molecule has 5 nitrogen and oxygen atoms in total. The highest BCUT2D eigenvalue weighted by molar-refractivity contribution is 5.81. The van der Waals surface area contributed by atoms with E-state index in [1.165, 1.54) is 0 Å². The lowest BCUT2D eigenvalue weighted by atomic mass is 10.3. The van der Waals surface area contributed by atoms with Crippen LogP contribution < -0.4 is 10.6 Å². The van der Waals surface area contributed by atoms with E-state index in [1.807, 2.05) is 0 Å². The van der Waals surface area contributed by atoms with Crippen molar-refractivity contribution in [3.8, 4) is 12.3 Å². The van der Waals surface area contributed by atoms with E-state index >= 15 is 0 Å². The summed E-state index contributed by atoms with van der Waals surface area (Å²) < 4.78 is 0. The molecule has 14 heavy (non-hydrogen) atoms. The topological polar surface area (TPSA) is 78.4 Å². The Labute approximate surface area is 82.9 Å². The van der Waals surface area contributed by atoms with E-state index in [9.17, 15) is 9.59 Å². The quantitative estimate of drug-likeness (QED) is 0.488. The number of carboxylic acid groups (broad SMARTS) is 1. The summed E-state index contributed by atoms with van der Waals surface area (Å²) in [6.07, 6.45) is 4.95. The van der Waals surface area contributed by atoms with E-state index < -0.39 is 12.0 Å². The van der Waals surface area contributed by atoms with Crippen molar-refractivity contribution in [3.63, 3.8) is 0 Å². The van der Waals surface area contributed by atoms with Gasteiger partial charge in [-0.25, -0.2) is 0 Å². The van der Waals surface area contributed by atoms with Gasteiger partial charge in [0, 0.05) is 6.54 Å². The highest BCUT2D eigenvalue weighted by Gasteiger charge is 2.10. The SMILES string of the molecule is C#CCNC(=O)C(C)NCCC(=O)O. The number of aliphatic carboxylic acids is 1. The Morgan fingerprint density at radius 3 is 2.71 bits per heavy atom. The first-order chi connectivity index (χ1) is 6.57. The number of carbonyl (C=O) groups excluding carboxylic acids is 1. The van der Waals surface area contributed by atoms with Crippen LogP contribution in [-0.2, 0) is 9.59 Å². The molecule has 0 bridgehead atoms. The van der Waals surface area contributed by atoms with E-state index in [0.29, 0.717) is 0 Å². The van der Waals surface area contributed by atoms with E-state index in [4.69, 9.17) is 11.5 Å². The molecule has 0 saturated carbocycles. The molecule has 3 N–H and O–H groups in total. The number of terminal acetylenes is 1. The van der Waals surface area contributed by atoms with Crippen molar-refractivity contribution in [2.75, 3.05) is 13.1 Å². The van der Waals surface area contributed by atoms with E-state index in [1.54, 1.807) is 6.92 Å². The Hall–Kier alpha value is -1.54. The lowest BCUT2D eigenvalue weighted by Gasteiger charge is -2.11. The summed E-state index contributed by atoms with van der Waals surface area (Å²) in [5.74, 6) is 1.15. The Morgan fingerprint density at radius 2 is 2.21 bits per heavy atom. The van der Waals surface area contributed by atoms with Gasteiger partial charge >= 0.3 is 5.97 Å². The highest BCUT2D eigenvalue weighted by Crippen LogP contribution is 1.83. The fraction of sp³-hybridized carbons (Fsp3) is 0.556. The molecule has 0 aromatic carbocycles. The molecule has 0 rings (SSSR count). The number of rotatable bonds is 6. The van der Waals surface area contributed by atoms with Crippen LogP contribution in [0, 0.1) is 12.3 Å². The van der Waals surface area contributed by atoms with Crippen molar-refractivity contribution in [2.45, 2.75) is 19.4 Å². The first-order valence-electron chi connectivity index (χ1n) is 4.24. The van der Waals surface area contributed by atoms with Gasteiger partial charge in [-0.1, -0.05) is 5.92 Å². The lowest BCUT2D eigenvalue weighted by Crippen LogP contribution is -2.42. The van der Waals surface area contributed by atoms with Crippen molar-refractivity contribution < 1.29 is 14.7 Å². The minimum atomic E-state index is -0.895. The molecular weight excluding hydrogens is 184 g/mol. The van der Waals surface area contributed by atoms with Gasteiger partial charge in [0.2, 0.25) is 5.91 Å². The molecule has 78 valence electrons. The molecule has 0 aromatic rings. The molecule has 1 unspecified atom stereocenters. The molecule has 0 fully saturated rings. The lowest BCUT2D eigenvalue weighted by molar-refractivity contribution is -0.137. The van der Waals surface area contributed by atoms with Gasteiger partial charge in [0.1, 0.15) is 0 Å². The van der Waals surface area contributed by atoms with Crippen LogP contribution in [0.2, 0.25) is 0 Å². The van der Waals surface area contributed by atoms with Crippen LogP contribution in [0.25, 0.3) is 0 Å². The van der Waals surface area contributed by atoms with Crippen LogP contribution in [0.5, 0.6) is 0 Å². The van der Waals surface area contributed by atoms with Crippen LogP contribution in [0.3, 0.4) is 0 Å². The van der Waals surface area contributed by atoms with Gasteiger partial charge in [0.05, 0.1) is 19.0 Å². The summed E-state index contributed by atoms with van der Waals surface area (Å²) in [5.41, 5.74) is 0. The van der Waals surface area contributed by atoms with Crippen molar-refractivity contribution in [2.24, 2.45) is 0 Å². The molecule has 0 aliphatic heterocycles. The van der Waals surface area contributed by atoms with E-state index in [2.05, 4.69) is 16.6 Å². The first kappa shape index (κ1) is 12.5. The molecule has 1 atom stereocenters. The summed E-state index contributed by atoms with van der Waals surface area (Å²) in [6, 6.07) is -0.428. The predicted molar refractivity (Wildman–Crippen MR) is 51.6 cm³/mol. The van der Waals surface area contributed by atoms with Crippen molar-refractivity contribution >= 4 is 11.9 Å². The average molecular weight is 198 g/mol. The number of carboxylic acids is 1. The molecule has 0 aliphatic rings. The summed E-state index contributed by atoms with van der Waals surface area (Å²) in [6.45, 7) is 2.09. The standard InChI is InChI=1S/C9H14N2O3/c1-3-5-11-9(14)7(2)10-6-4-8(12)13/h1,7,10H,4-6H2,2H3,(H,11,14)(H,12,13). The third-order valence-corrected chi connectivity index (χ3v) is 1.55. The second-order valence-electron chi connectivity index (χ2n) is 2.74. The maximum Gasteiger partial charge on any atom is 0.304 e. The molecule has 0 radical (unpaired) electrons. The maximum absolute atomic E-state index is 11.2. The molecule has 0 spiro atoms. The van der Waals surface area contributed by atoms with Gasteiger partial charge in [-0.15, -0.1) is 6.42 Å². The van der Waals surface area contributed by atoms with Gasteiger partial charge in [-0.05, 0) is 6.92 Å². The maximum atomic E-state index is 11.2.